The molecule has 0 unspecified atom stereocenters. The van der Waals surface area contributed by atoms with Crippen LogP contribution in [0.3, 0.4) is 0 Å². The second kappa shape index (κ2) is 7.61. The standard InChI is InChI=1S/C21H26N2O3S2/c1-15-5-3-4-6-17(15)21-18-10-12-27-19(18)9-11-23(21)20(24)14-22(28(2,25)26)13-16-7-8-16/h3-6,10,12,16,21H,7-9,11,13-14H2,1-2H3/t21-/m0/s1. The summed E-state index contributed by atoms with van der Waals surface area (Å²) >= 11 is 1.73. The molecule has 1 aromatic carbocycles. The number of sulfonamides is 1. The molecule has 1 amide bonds. The summed E-state index contributed by atoms with van der Waals surface area (Å²) in [4.78, 5) is 16.5. The van der Waals surface area contributed by atoms with E-state index in [0.29, 0.717) is 19.0 Å². The highest BCUT2D eigenvalue weighted by Crippen LogP contribution is 2.39. The molecule has 1 atom stereocenters. The predicted molar refractivity (Wildman–Crippen MR) is 112 cm³/mol. The molecule has 2 aromatic rings. The van der Waals surface area contributed by atoms with E-state index in [9.17, 15) is 13.2 Å². The number of thiophene rings is 1. The fourth-order valence-electron chi connectivity index (χ4n) is 3.96. The van der Waals surface area contributed by atoms with Crippen molar-refractivity contribution in [2.75, 3.05) is 25.9 Å². The van der Waals surface area contributed by atoms with Gasteiger partial charge in [0.05, 0.1) is 18.8 Å². The normalized spacial score (nSPS) is 19.7. The Bertz CT molecular complexity index is 979. The van der Waals surface area contributed by atoms with Gasteiger partial charge in [-0.15, -0.1) is 11.3 Å². The lowest BCUT2D eigenvalue weighted by molar-refractivity contribution is -0.133. The van der Waals surface area contributed by atoms with E-state index in [1.54, 1.807) is 11.3 Å². The molecule has 1 aliphatic carbocycles. The predicted octanol–water partition coefficient (Wildman–Crippen LogP) is 3.20. The molecule has 28 heavy (non-hydrogen) atoms. The third kappa shape index (κ3) is 4.02. The van der Waals surface area contributed by atoms with Crippen LogP contribution in [-0.4, -0.2) is 49.4 Å². The summed E-state index contributed by atoms with van der Waals surface area (Å²) in [7, 11) is -3.41. The van der Waals surface area contributed by atoms with Crippen molar-refractivity contribution in [3.05, 3.63) is 57.3 Å². The van der Waals surface area contributed by atoms with Crippen LogP contribution in [0.2, 0.25) is 0 Å². The fourth-order valence-corrected chi connectivity index (χ4v) is 5.69. The van der Waals surface area contributed by atoms with Gasteiger partial charge in [0.15, 0.2) is 0 Å². The molecule has 4 rings (SSSR count). The Morgan fingerprint density at radius 3 is 2.64 bits per heavy atom. The maximum atomic E-state index is 13.3. The molecule has 5 nitrogen and oxygen atoms in total. The number of hydrogen-bond donors (Lipinski definition) is 0. The summed E-state index contributed by atoms with van der Waals surface area (Å²) in [5, 5.41) is 2.08. The minimum Gasteiger partial charge on any atom is -0.330 e. The van der Waals surface area contributed by atoms with Crippen molar-refractivity contribution >= 4 is 27.3 Å². The summed E-state index contributed by atoms with van der Waals surface area (Å²) in [6.45, 7) is 3.06. The average molecular weight is 419 g/mol. The van der Waals surface area contributed by atoms with E-state index in [1.807, 2.05) is 17.0 Å². The van der Waals surface area contributed by atoms with Crippen LogP contribution in [0.25, 0.3) is 0 Å². The minimum atomic E-state index is -3.41. The van der Waals surface area contributed by atoms with Crippen LogP contribution in [0.4, 0.5) is 0 Å². The first kappa shape index (κ1) is 19.6. The molecule has 7 heteroatoms. The van der Waals surface area contributed by atoms with Gasteiger partial charge in [-0.05, 0) is 60.2 Å². The Kier molecular flexibility index (Phi) is 5.33. The number of aryl methyl sites for hydroxylation is 1. The number of benzene rings is 1. The first-order valence-electron chi connectivity index (χ1n) is 9.71. The lowest BCUT2D eigenvalue weighted by Crippen LogP contribution is -2.47. The number of rotatable bonds is 6. The van der Waals surface area contributed by atoms with Gasteiger partial charge in [-0.2, -0.15) is 4.31 Å². The Balaban J connectivity index is 1.65. The van der Waals surface area contributed by atoms with Gasteiger partial charge < -0.3 is 4.90 Å². The third-order valence-electron chi connectivity index (χ3n) is 5.71. The van der Waals surface area contributed by atoms with Crippen molar-refractivity contribution in [1.82, 2.24) is 9.21 Å². The van der Waals surface area contributed by atoms with Crippen molar-refractivity contribution in [2.24, 2.45) is 5.92 Å². The molecule has 0 radical (unpaired) electrons. The molecular weight excluding hydrogens is 392 g/mol. The van der Waals surface area contributed by atoms with E-state index in [1.165, 1.54) is 21.0 Å². The Hall–Kier alpha value is -1.70. The van der Waals surface area contributed by atoms with Crippen molar-refractivity contribution in [2.45, 2.75) is 32.2 Å². The topological polar surface area (TPSA) is 57.7 Å². The summed E-state index contributed by atoms with van der Waals surface area (Å²) < 4.78 is 25.8. The molecule has 1 aliphatic heterocycles. The van der Waals surface area contributed by atoms with Crippen LogP contribution in [0.1, 0.15) is 40.5 Å². The SMILES string of the molecule is Cc1ccccc1[C@H]1c2ccsc2CCN1C(=O)CN(CC1CC1)S(C)(=O)=O. The molecule has 0 N–H and O–H groups in total. The second-order valence-corrected chi connectivity index (χ2v) is 10.9. The summed E-state index contributed by atoms with van der Waals surface area (Å²) in [6, 6.07) is 10.1. The number of amides is 1. The number of carbonyl (C=O) groups excluding carboxylic acids is 1. The maximum absolute atomic E-state index is 13.3. The molecule has 1 fully saturated rings. The molecule has 1 saturated carbocycles. The fraction of sp³-hybridized carbons (Fsp3) is 0.476. The van der Waals surface area contributed by atoms with Crippen molar-refractivity contribution in [3.8, 4) is 0 Å². The maximum Gasteiger partial charge on any atom is 0.238 e. The number of carbonyl (C=O) groups is 1. The van der Waals surface area contributed by atoms with Gasteiger partial charge in [-0.25, -0.2) is 8.42 Å². The van der Waals surface area contributed by atoms with E-state index < -0.39 is 10.0 Å². The Morgan fingerprint density at radius 1 is 1.21 bits per heavy atom. The lowest BCUT2D eigenvalue weighted by atomic mass is 9.90. The van der Waals surface area contributed by atoms with Gasteiger partial charge in [0.2, 0.25) is 15.9 Å². The van der Waals surface area contributed by atoms with Crippen LogP contribution in [-0.2, 0) is 21.2 Å². The number of hydrogen-bond acceptors (Lipinski definition) is 4. The molecule has 1 aromatic heterocycles. The molecule has 0 saturated heterocycles. The van der Waals surface area contributed by atoms with E-state index in [2.05, 4.69) is 30.5 Å². The third-order valence-corrected chi connectivity index (χ3v) is 7.92. The van der Waals surface area contributed by atoms with Crippen LogP contribution in [0.15, 0.2) is 35.7 Å². The molecule has 2 aliphatic rings. The van der Waals surface area contributed by atoms with E-state index in [0.717, 1.165) is 30.4 Å². The quantitative estimate of drug-likeness (QED) is 0.724. The van der Waals surface area contributed by atoms with Gasteiger partial charge in [-0.1, -0.05) is 24.3 Å². The zero-order chi connectivity index (χ0) is 19.9. The zero-order valence-corrected chi connectivity index (χ0v) is 17.9. The summed E-state index contributed by atoms with van der Waals surface area (Å²) in [5.74, 6) is 0.288. The average Bonchev–Trinajstić information content (AvgIpc) is 3.33. The van der Waals surface area contributed by atoms with Crippen LogP contribution in [0.5, 0.6) is 0 Å². The van der Waals surface area contributed by atoms with Gasteiger partial charge in [-0.3, -0.25) is 4.79 Å². The van der Waals surface area contributed by atoms with Crippen molar-refractivity contribution in [1.29, 1.82) is 0 Å². The molecule has 150 valence electrons. The summed E-state index contributed by atoms with van der Waals surface area (Å²) in [5.41, 5.74) is 3.43. The van der Waals surface area contributed by atoms with Crippen LogP contribution in [0, 0.1) is 12.8 Å². The van der Waals surface area contributed by atoms with E-state index in [4.69, 9.17) is 0 Å². The van der Waals surface area contributed by atoms with Crippen molar-refractivity contribution < 1.29 is 13.2 Å². The molecular formula is C21H26N2O3S2. The zero-order valence-electron chi connectivity index (χ0n) is 16.3. The summed E-state index contributed by atoms with van der Waals surface area (Å²) in [6.07, 6.45) is 4.12. The van der Waals surface area contributed by atoms with E-state index >= 15 is 0 Å². The highest BCUT2D eigenvalue weighted by molar-refractivity contribution is 7.88. The Labute approximate surface area is 171 Å². The minimum absolute atomic E-state index is 0.0722. The van der Waals surface area contributed by atoms with E-state index in [-0.39, 0.29) is 18.5 Å². The molecule has 0 bridgehead atoms. The van der Waals surface area contributed by atoms with Crippen LogP contribution < -0.4 is 0 Å². The Morgan fingerprint density at radius 2 is 1.96 bits per heavy atom. The monoisotopic (exact) mass is 418 g/mol. The van der Waals surface area contributed by atoms with Crippen LogP contribution >= 0.6 is 11.3 Å². The first-order valence-corrected chi connectivity index (χ1v) is 12.4. The van der Waals surface area contributed by atoms with Gasteiger partial charge >= 0.3 is 0 Å². The van der Waals surface area contributed by atoms with Crippen molar-refractivity contribution in [3.63, 3.8) is 0 Å². The lowest BCUT2D eigenvalue weighted by Gasteiger charge is -2.38. The van der Waals surface area contributed by atoms with Gasteiger partial charge in [0.1, 0.15) is 0 Å². The molecule has 0 spiro atoms. The van der Waals surface area contributed by atoms with Gasteiger partial charge in [0, 0.05) is 18.0 Å². The first-order chi connectivity index (χ1) is 13.3. The highest BCUT2D eigenvalue weighted by Gasteiger charge is 2.36. The molecule has 2 heterocycles. The smallest absolute Gasteiger partial charge is 0.238 e. The number of fused-ring (bicyclic) bond motifs is 1. The van der Waals surface area contributed by atoms with Gasteiger partial charge in [0.25, 0.3) is 0 Å². The number of nitrogens with zero attached hydrogens (tertiary/aromatic N) is 2. The highest BCUT2D eigenvalue weighted by atomic mass is 32.2. The largest absolute Gasteiger partial charge is 0.330 e. The second-order valence-electron chi connectivity index (χ2n) is 7.89.